The molecule has 31 heteroatoms. The smallest absolute Gasteiger partial charge is 0.475 e. The molecule has 0 aliphatic carbocycles. The number of aromatic nitrogens is 6. The van der Waals surface area contributed by atoms with Crippen LogP contribution in [0.5, 0.6) is 17.2 Å². The second kappa shape index (κ2) is 43.3. The number of rotatable bonds is 30. The molecule has 2 aliphatic rings. The zero-order valence-electron chi connectivity index (χ0n) is 72.7. The van der Waals surface area contributed by atoms with Crippen molar-refractivity contribution in [2.75, 3.05) is 45.9 Å². The van der Waals surface area contributed by atoms with Crippen LogP contribution in [0.4, 0.5) is 5.95 Å². The van der Waals surface area contributed by atoms with Gasteiger partial charge in [0.15, 0.2) is 46.4 Å². The van der Waals surface area contributed by atoms with Crippen molar-refractivity contribution in [2.24, 2.45) is 5.92 Å². The van der Waals surface area contributed by atoms with E-state index in [2.05, 4.69) is 145 Å². The Morgan fingerprint density at radius 3 is 1.68 bits per heavy atom. The summed E-state index contributed by atoms with van der Waals surface area (Å²) in [6.07, 6.45) is -3.42. The number of terminal acetylenes is 1. The highest BCUT2D eigenvalue weighted by Crippen LogP contribution is 2.56. The number of fused-ring (bicyclic) bond motifs is 1. The van der Waals surface area contributed by atoms with E-state index in [-0.39, 0.29) is 72.0 Å². The van der Waals surface area contributed by atoms with Crippen molar-refractivity contribution < 1.29 is 111 Å². The van der Waals surface area contributed by atoms with Gasteiger partial charge in [0.25, 0.3) is 17.0 Å². The number of anilines is 1. The molecule has 0 radical (unpaired) electrons. The molecular weight excluding hydrogens is 1660 g/mol. The van der Waals surface area contributed by atoms with E-state index in [0.717, 1.165) is 16.8 Å². The number of H-pyrrole nitrogens is 1. The third-order valence-electron chi connectivity index (χ3n) is 21.0. The van der Waals surface area contributed by atoms with Crippen LogP contribution < -0.4 is 36.3 Å². The number of aromatic amines is 1. The lowest BCUT2D eigenvalue weighted by atomic mass is 9.80. The number of esters is 1. The number of carbonyl (C=O) groups is 4. The van der Waals surface area contributed by atoms with E-state index in [1.165, 1.54) is 30.0 Å². The van der Waals surface area contributed by atoms with Crippen LogP contribution in [0.3, 0.4) is 0 Å². The first-order valence-corrected chi connectivity index (χ1v) is 46.8. The summed E-state index contributed by atoms with van der Waals surface area (Å²) in [7, 11) is -8.70. The Hall–Kier alpha value is -13.4. The molecule has 4 aromatic carbocycles. The summed E-state index contributed by atoms with van der Waals surface area (Å²) in [5.41, 5.74) is -2.21. The van der Waals surface area contributed by atoms with E-state index in [1.807, 2.05) is 122 Å². The summed E-state index contributed by atoms with van der Waals surface area (Å²) in [6.45, 7) is 32.9. The number of ether oxygens (including phenoxy) is 7. The van der Waals surface area contributed by atoms with Crippen LogP contribution in [0.25, 0.3) is 16.0 Å². The Morgan fingerprint density at radius 1 is 0.667 bits per heavy atom. The maximum absolute atomic E-state index is 16.8. The SMILES string of the molecule is [C-]#[N+]CCOP(=O)(OC[C@H]1O[C@@H](n2ccc(=O)n(C(=O)c3cc(C)c(C)c(OC#CC#CC#CC#CC#CC#CC#CC#CC#CC#CC#C)c3)c2=O)[C@@H](O[Si](C)(C)C(C)(C)C)C1OC(=O)CCC(C)=O)OC1[C@@H](COC(c2ccccc2)(c2ccc(OC)cc2)c2ccc(OC)cc2)O[C@@H](n2cnc3c(=O)[nH]c(NC(=O)C(C)C)nc32)[C@H]1O[Si](C)(C)C(C)(C)C.[HH].[HH].[HH].[HH].[HH].[HH].[HH].[HH].[HH].[HH].[HH].[HH].[HH].[HH].[HH].[HH].[HH].[HH].[HH].[HH].[HH].[HH]. The van der Waals surface area contributed by atoms with E-state index < -0.39 is 163 Å². The number of carbonyl (C=O) groups excluding carboxylic acids is 4. The number of Topliss-reactive ketones (excluding diaryl/α,β-unsaturated/α-hetero) is 1. The van der Waals surface area contributed by atoms with Gasteiger partial charge in [-0.25, -0.2) is 20.9 Å². The van der Waals surface area contributed by atoms with Gasteiger partial charge in [-0.15, -0.1) is 6.42 Å². The topological polar surface area (TPSA) is 320 Å². The second-order valence-corrected chi connectivity index (χ2v) is 43.0. The van der Waals surface area contributed by atoms with Gasteiger partial charge < -0.3 is 51.6 Å². The lowest BCUT2D eigenvalue weighted by molar-refractivity contribution is -0.156. The van der Waals surface area contributed by atoms with Gasteiger partial charge in [-0.1, -0.05) is 110 Å². The van der Waals surface area contributed by atoms with Gasteiger partial charge in [-0.05, 0) is 169 Å². The average Bonchev–Trinajstić information content (AvgIpc) is 1.50. The van der Waals surface area contributed by atoms with Gasteiger partial charge in [0.2, 0.25) is 18.4 Å². The number of benzene rings is 4. The Morgan fingerprint density at radius 2 is 1.17 bits per heavy atom. The first-order valence-electron chi connectivity index (χ1n) is 39.6. The predicted molar refractivity (Wildman–Crippen MR) is 522 cm³/mol. The first kappa shape index (κ1) is 96.4. The Labute approximate surface area is 767 Å². The number of ketones is 1. The average molecular weight is 1800 g/mol. The standard InChI is InChI=1S/C95H93N8O20PSi2.22H2/c1-20-21-22-23-24-25-26-27-28-29-30-31-32-33-34-35-36-37-38-42-58-114-75-61-69(60-66(4)68(75)6)88(109)103-78(105)55-57-101(92(103)110)89-83(122-125(16,17)93(7,8)9)81(120-79(106)54-45-67(5)104)77(119-89)63-117-124(111,116-59-56-96-13)121-82-76(62-115-95(70-43-40-39-41-44-70,71-46-50-73(112-14)51-47-71)72-48-52-74(113-15)53-49-72)118-90(84(82)123-126(18,19)94(10,11)12)102-64-97-80-85(102)98-91(100-87(80)108)99-86(107)65(2)3;;;;;;;;;;;;;;;;;;;;;;/h1,39-41,43-44,46-53,55,57,60-61,64-65,76-77,81-84,89-90H,45,54,56,59,62-63H2,2-12,14-19H3,(H2,98,99,100,107,108);22*1H/t76-,77-,81?,82?,83+,84+,89-,90-,124?;;;;;;;;;;;;;;;;;;;;;;/m1....................../s1. The molecule has 3 unspecified atom stereocenters. The van der Waals surface area contributed by atoms with Crippen molar-refractivity contribution >= 4 is 65.1 Å². The first-order chi connectivity index (χ1) is 59.9. The normalized spacial score (nSPS) is 17.3. The fourth-order valence-corrected chi connectivity index (χ4v) is 16.2. The molecule has 690 valence electrons. The highest BCUT2D eigenvalue weighted by atomic mass is 31.2. The third-order valence-corrected chi connectivity index (χ3v) is 31.4. The highest BCUT2D eigenvalue weighted by molar-refractivity contribution is 7.48. The maximum atomic E-state index is 16.8. The molecule has 9 atom stereocenters. The minimum absolute atomic E-state index is 0. The summed E-state index contributed by atoms with van der Waals surface area (Å²) >= 11 is 0. The Balaban J connectivity index is -0.000000680. The van der Waals surface area contributed by atoms with E-state index >= 15 is 14.2 Å². The zero-order valence-corrected chi connectivity index (χ0v) is 75.6. The van der Waals surface area contributed by atoms with Crippen molar-refractivity contribution in [3.63, 3.8) is 0 Å². The predicted octanol–water partition coefficient (Wildman–Crippen LogP) is 16.8. The number of phosphoric ester groups is 1. The second-order valence-electron chi connectivity index (χ2n) is 31.8. The van der Waals surface area contributed by atoms with Crippen molar-refractivity contribution in [3.05, 3.63) is 186 Å². The van der Waals surface area contributed by atoms with E-state index in [4.69, 9.17) is 73.6 Å². The molecule has 2 N–H and O–H groups in total. The lowest BCUT2D eigenvalue weighted by Gasteiger charge is -2.41. The molecule has 9 rings (SSSR count). The largest absolute Gasteiger partial charge is 0.497 e. The number of phosphoric acid groups is 1. The molecule has 0 bridgehead atoms. The molecule has 126 heavy (non-hydrogen) atoms. The van der Waals surface area contributed by atoms with Gasteiger partial charge in [0, 0.05) is 133 Å². The summed E-state index contributed by atoms with van der Waals surface area (Å²) < 4.78 is 99.3. The summed E-state index contributed by atoms with van der Waals surface area (Å²) in [6, 6.07) is 27.5. The molecule has 2 saturated heterocycles. The van der Waals surface area contributed by atoms with E-state index in [0.29, 0.717) is 43.9 Å². The quantitative estimate of drug-likeness (QED) is 0.00803. The third kappa shape index (κ3) is 24.3. The van der Waals surface area contributed by atoms with Gasteiger partial charge in [-0.2, -0.15) is 9.55 Å². The van der Waals surface area contributed by atoms with Gasteiger partial charge in [0.1, 0.15) is 71.9 Å². The molecule has 3 aromatic heterocycles. The molecular formula is C95H137N8O20PSi2. The molecule has 0 spiro atoms. The number of nitrogens with zero attached hydrogens (tertiary/aromatic N) is 6. The van der Waals surface area contributed by atoms with Crippen LogP contribution in [-0.4, -0.2) is 146 Å². The molecule has 5 heterocycles. The monoisotopic (exact) mass is 1800 g/mol. The van der Waals surface area contributed by atoms with Crippen molar-refractivity contribution in [3.8, 4) is 148 Å². The minimum Gasteiger partial charge on any atom is -0.497 e. The fourth-order valence-electron chi connectivity index (χ4n) is 12.2. The number of amides is 1. The van der Waals surface area contributed by atoms with Crippen molar-refractivity contribution in [2.45, 2.75) is 180 Å². The number of imidazole rings is 1. The minimum atomic E-state index is -5.38. The molecule has 0 saturated carbocycles. The maximum Gasteiger partial charge on any atom is 0.475 e. The van der Waals surface area contributed by atoms with Crippen LogP contribution in [0.2, 0.25) is 36.3 Å². The van der Waals surface area contributed by atoms with Crippen LogP contribution >= 0.6 is 7.82 Å². The molecule has 2 aliphatic heterocycles. The van der Waals surface area contributed by atoms with Crippen LogP contribution in [0, 0.1) is 157 Å². The lowest BCUT2D eigenvalue weighted by Crippen LogP contribution is -2.51. The van der Waals surface area contributed by atoms with Crippen molar-refractivity contribution in [1.82, 2.24) is 28.7 Å². The molecule has 28 nitrogen and oxygen atoms in total. The van der Waals surface area contributed by atoms with Gasteiger partial charge in [-0.3, -0.25) is 57.0 Å². The summed E-state index contributed by atoms with van der Waals surface area (Å²) in [5.74, 6) is 46.8. The van der Waals surface area contributed by atoms with E-state index in [9.17, 15) is 24.0 Å². The molecule has 7 aromatic rings. The Bertz CT molecular complexity index is 6370. The zero-order chi connectivity index (χ0) is 91.7. The molecule has 1 amide bonds. The number of methoxy groups -OCH3 is 2. The van der Waals surface area contributed by atoms with E-state index in [1.54, 1.807) is 66.2 Å². The summed E-state index contributed by atoms with van der Waals surface area (Å²) in [5, 5.41) is 1.44. The van der Waals surface area contributed by atoms with Crippen LogP contribution in [0.1, 0.15) is 157 Å². The highest BCUT2D eigenvalue weighted by Gasteiger charge is 2.58. The van der Waals surface area contributed by atoms with Crippen molar-refractivity contribution in [1.29, 1.82) is 0 Å². The Kier molecular flexibility index (Phi) is 33.1. The van der Waals surface area contributed by atoms with Crippen LogP contribution in [0.15, 0.2) is 124 Å². The number of aryl methyl sites for hydroxylation is 1. The summed E-state index contributed by atoms with van der Waals surface area (Å²) in [4.78, 5) is 114. The van der Waals surface area contributed by atoms with Crippen LogP contribution in [-0.2, 0) is 65.9 Å². The van der Waals surface area contributed by atoms with Gasteiger partial charge >= 0.3 is 19.5 Å². The number of hydrogen-bond acceptors (Lipinski definition) is 22. The van der Waals surface area contributed by atoms with Gasteiger partial charge in [0.05, 0.1) is 40.2 Å². The fraction of sp³-hybridized carbons (Fsp3) is 0.368. The molecule has 2 fully saturated rings. The number of nitrogens with one attached hydrogen (secondary N) is 2. The number of hydrogen-bond donors (Lipinski definition) is 2.